The Kier molecular flexibility index (Phi) is 7.58. The third-order valence-electron chi connectivity index (χ3n) is 4.86. The molecular weight excluding hydrogens is 420 g/mol. The minimum Gasteiger partial charge on any atom is -0.462 e. The van der Waals surface area contributed by atoms with Crippen LogP contribution in [0.3, 0.4) is 0 Å². The van der Waals surface area contributed by atoms with Crippen LogP contribution in [0.4, 0.5) is 5.00 Å². The predicted octanol–water partition coefficient (Wildman–Crippen LogP) is 6.26. The van der Waals surface area contributed by atoms with Crippen molar-refractivity contribution >= 4 is 34.3 Å². The first-order valence-corrected chi connectivity index (χ1v) is 11.2. The minimum absolute atomic E-state index is 0.0493. The lowest BCUT2D eigenvalue weighted by Gasteiger charge is -2.09. The highest BCUT2D eigenvalue weighted by Crippen LogP contribution is 2.36. The first kappa shape index (κ1) is 23.0. The van der Waals surface area contributed by atoms with Gasteiger partial charge in [-0.25, -0.2) is 4.79 Å². The largest absolute Gasteiger partial charge is 0.462 e. The Hall–Kier alpha value is -3.69. The van der Waals surface area contributed by atoms with Gasteiger partial charge in [-0.3, -0.25) is 4.79 Å². The fraction of sp³-hybridized carbons (Fsp3) is 0.192. The summed E-state index contributed by atoms with van der Waals surface area (Å²) in [5, 5.41) is 14.4. The molecule has 0 unspecified atom stereocenters. The normalized spacial score (nSPS) is 11.2. The van der Waals surface area contributed by atoms with E-state index < -0.39 is 11.9 Å². The molecule has 1 N–H and O–H groups in total. The molecular formula is C26H24N2O3S. The van der Waals surface area contributed by atoms with Crippen molar-refractivity contribution in [2.24, 2.45) is 0 Å². The Balaban J connectivity index is 1.91. The molecule has 1 amide bonds. The molecule has 1 heterocycles. The predicted molar refractivity (Wildman–Crippen MR) is 128 cm³/mol. The molecule has 162 valence electrons. The molecule has 6 heteroatoms. The molecule has 0 radical (unpaired) electrons. The van der Waals surface area contributed by atoms with Crippen LogP contribution >= 0.6 is 11.3 Å². The highest BCUT2D eigenvalue weighted by Gasteiger charge is 2.23. The van der Waals surface area contributed by atoms with Crippen molar-refractivity contribution in [2.75, 3.05) is 11.9 Å². The van der Waals surface area contributed by atoms with E-state index >= 15 is 0 Å². The number of thiophene rings is 1. The van der Waals surface area contributed by atoms with Gasteiger partial charge in [0.15, 0.2) is 0 Å². The van der Waals surface area contributed by atoms with E-state index in [4.69, 9.17) is 4.74 Å². The van der Waals surface area contributed by atoms with Gasteiger partial charge >= 0.3 is 5.97 Å². The van der Waals surface area contributed by atoms with Gasteiger partial charge in [0.2, 0.25) is 0 Å². The van der Waals surface area contributed by atoms with Crippen molar-refractivity contribution in [1.82, 2.24) is 0 Å². The maximum Gasteiger partial charge on any atom is 0.341 e. The van der Waals surface area contributed by atoms with E-state index in [2.05, 4.69) is 19.2 Å². The molecule has 0 aliphatic heterocycles. The molecule has 32 heavy (non-hydrogen) atoms. The van der Waals surface area contributed by atoms with Gasteiger partial charge in [-0.15, -0.1) is 11.3 Å². The lowest BCUT2D eigenvalue weighted by atomic mass is 10.0. The quantitative estimate of drug-likeness (QED) is 0.265. The number of carbonyl (C=O) groups excluding carboxylic acids is 2. The van der Waals surface area contributed by atoms with E-state index in [1.54, 1.807) is 12.3 Å². The molecule has 0 aliphatic rings. The summed E-state index contributed by atoms with van der Waals surface area (Å²) in [7, 11) is 0. The zero-order chi connectivity index (χ0) is 23.1. The first-order chi connectivity index (χ1) is 15.4. The summed E-state index contributed by atoms with van der Waals surface area (Å²) in [6.07, 6.45) is 1.54. The smallest absolute Gasteiger partial charge is 0.341 e. The number of ether oxygens (including phenoxy) is 1. The highest BCUT2D eigenvalue weighted by molar-refractivity contribution is 7.15. The molecule has 0 fully saturated rings. The summed E-state index contributed by atoms with van der Waals surface area (Å²) in [6, 6.07) is 19.1. The number of nitrogens with one attached hydrogen (secondary N) is 1. The van der Waals surface area contributed by atoms with Crippen molar-refractivity contribution < 1.29 is 14.3 Å². The summed E-state index contributed by atoms with van der Waals surface area (Å²) < 4.78 is 5.22. The van der Waals surface area contributed by atoms with Gasteiger partial charge in [0.25, 0.3) is 5.91 Å². The van der Waals surface area contributed by atoms with E-state index in [1.807, 2.05) is 60.7 Å². The number of nitriles is 1. The van der Waals surface area contributed by atoms with E-state index in [0.29, 0.717) is 16.5 Å². The number of benzene rings is 2. The second-order valence-electron chi connectivity index (χ2n) is 7.39. The molecule has 3 aromatic rings. The fourth-order valence-corrected chi connectivity index (χ4v) is 4.10. The summed E-state index contributed by atoms with van der Waals surface area (Å²) >= 11 is 1.22. The molecule has 0 bridgehead atoms. The third kappa shape index (κ3) is 5.32. The number of rotatable bonds is 7. The van der Waals surface area contributed by atoms with Crippen molar-refractivity contribution in [2.45, 2.75) is 26.7 Å². The van der Waals surface area contributed by atoms with E-state index in [0.717, 1.165) is 11.1 Å². The molecule has 5 nitrogen and oxygen atoms in total. The number of esters is 1. The number of amides is 1. The Morgan fingerprint density at radius 1 is 1.12 bits per heavy atom. The number of nitrogens with zero attached hydrogens (tertiary/aromatic N) is 1. The fourth-order valence-electron chi connectivity index (χ4n) is 3.15. The van der Waals surface area contributed by atoms with Crippen LogP contribution < -0.4 is 5.32 Å². The number of hydrogen-bond acceptors (Lipinski definition) is 5. The van der Waals surface area contributed by atoms with Gasteiger partial charge < -0.3 is 10.1 Å². The van der Waals surface area contributed by atoms with Crippen LogP contribution in [0.15, 0.2) is 65.6 Å². The Bertz CT molecular complexity index is 1170. The maximum atomic E-state index is 12.9. The molecule has 1 aromatic heterocycles. The molecule has 0 spiro atoms. The lowest BCUT2D eigenvalue weighted by Crippen LogP contribution is -2.16. The van der Waals surface area contributed by atoms with Crippen LogP contribution in [0.25, 0.3) is 17.2 Å². The summed E-state index contributed by atoms with van der Waals surface area (Å²) in [6.45, 7) is 6.15. The van der Waals surface area contributed by atoms with E-state index in [1.165, 1.54) is 23.0 Å². The second kappa shape index (κ2) is 10.6. The number of anilines is 1. The number of carbonyl (C=O) groups is 2. The van der Waals surface area contributed by atoms with E-state index in [-0.39, 0.29) is 17.7 Å². The average molecular weight is 445 g/mol. The van der Waals surface area contributed by atoms with Gasteiger partial charge in [0.1, 0.15) is 22.2 Å². The van der Waals surface area contributed by atoms with Crippen LogP contribution in [0.5, 0.6) is 0 Å². The van der Waals surface area contributed by atoms with Crippen molar-refractivity contribution in [3.63, 3.8) is 0 Å². The second-order valence-corrected chi connectivity index (χ2v) is 8.26. The van der Waals surface area contributed by atoms with Gasteiger partial charge in [-0.1, -0.05) is 68.4 Å². The average Bonchev–Trinajstić information content (AvgIpc) is 3.22. The number of hydrogen-bond donors (Lipinski definition) is 1. The monoisotopic (exact) mass is 444 g/mol. The van der Waals surface area contributed by atoms with Crippen molar-refractivity contribution in [3.8, 4) is 17.2 Å². The SMILES string of the molecule is CCOC(=O)c1c(-c2ccccc2)csc1NC(=O)/C(C#N)=C/c1ccc(C(C)C)cc1. The molecule has 0 atom stereocenters. The Labute approximate surface area is 192 Å². The molecule has 0 aliphatic carbocycles. The summed E-state index contributed by atoms with van der Waals surface area (Å²) in [5.41, 5.74) is 3.69. The van der Waals surface area contributed by atoms with Gasteiger partial charge in [0.05, 0.1) is 6.61 Å². The highest BCUT2D eigenvalue weighted by atomic mass is 32.1. The van der Waals surface area contributed by atoms with Gasteiger partial charge in [-0.2, -0.15) is 5.26 Å². The van der Waals surface area contributed by atoms with Gasteiger partial charge in [0, 0.05) is 10.9 Å². The zero-order valence-electron chi connectivity index (χ0n) is 18.2. The summed E-state index contributed by atoms with van der Waals surface area (Å²) in [4.78, 5) is 25.5. The van der Waals surface area contributed by atoms with Crippen molar-refractivity contribution in [1.29, 1.82) is 5.26 Å². The maximum absolute atomic E-state index is 12.9. The van der Waals surface area contributed by atoms with E-state index in [9.17, 15) is 14.9 Å². The van der Waals surface area contributed by atoms with Crippen molar-refractivity contribution in [3.05, 3.63) is 82.2 Å². The summed E-state index contributed by atoms with van der Waals surface area (Å²) in [5.74, 6) is -0.701. The molecule has 3 rings (SSSR count). The topological polar surface area (TPSA) is 79.2 Å². The van der Waals surface area contributed by atoms with Crippen LogP contribution in [0.2, 0.25) is 0 Å². The minimum atomic E-state index is -0.576. The Morgan fingerprint density at radius 2 is 1.81 bits per heavy atom. The zero-order valence-corrected chi connectivity index (χ0v) is 19.0. The van der Waals surface area contributed by atoms with Crippen LogP contribution in [0.1, 0.15) is 48.2 Å². The van der Waals surface area contributed by atoms with Gasteiger partial charge in [-0.05, 0) is 35.6 Å². The molecule has 2 aromatic carbocycles. The molecule has 0 saturated heterocycles. The third-order valence-corrected chi connectivity index (χ3v) is 5.76. The standard InChI is InChI=1S/C26H24N2O3S/c1-4-31-26(30)23-22(20-8-6-5-7-9-20)16-32-25(23)28-24(29)21(15-27)14-18-10-12-19(13-11-18)17(2)3/h5-14,16-17H,4H2,1-3H3,(H,28,29)/b21-14+. The molecule has 0 saturated carbocycles. The lowest BCUT2D eigenvalue weighted by molar-refractivity contribution is -0.112. The van der Waals surface area contributed by atoms with Crippen LogP contribution in [0, 0.1) is 11.3 Å². The Morgan fingerprint density at radius 3 is 2.41 bits per heavy atom. The van der Waals surface area contributed by atoms with Crippen LogP contribution in [-0.2, 0) is 9.53 Å². The first-order valence-electron chi connectivity index (χ1n) is 10.3. The van der Waals surface area contributed by atoms with Crippen LogP contribution in [-0.4, -0.2) is 18.5 Å².